The molecule has 9 heteroatoms. The third-order valence-electron chi connectivity index (χ3n) is 6.40. The lowest BCUT2D eigenvalue weighted by atomic mass is 9.88. The van der Waals surface area contributed by atoms with Gasteiger partial charge in [0.15, 0.2) is 0 Å². The van der Waals surface area contributed by atoms with E-state index in [4.69, 9.17) is 11.6 Å². The first-order valence-corrected chi connectivity index (χ1v) is 16.1. The maximum atomic E-state index is 13.3. The van der Waals surface area contributed by atoms with E-state index in [1.807, 2.05) is 36.4 Å². The predicted molar refractivity (Wildman–Crippen MR) is 162 cm³/mol. The van der Waals surface area contributed by atoms with Crippen molar-refractivity contribution in [1.29, 1.82) is 0 Å². The van der Waals surface area contributed by atoms with Crippen molar-refractivity contribution in [2.75, 3.05) is 23.8 Å². The minimum atomic E-state index is -0.978. The van der Waals surface area contributed by atoms with Crippen molar-refractivity contribution in [3.63, 3.8) is 0 Å². The lowest BCUT2D eigenvalue weighted by Gasteiger charge is -2.18. The first-order valence-electron chi connectivity index (χ1n) is 12.6. The number of thioether (sulfide) groups is 1. The first kappa shape index (κ1) is 28.7. The number of hydrogen-bond acceptors (Lipinski definition) is 6. The molecule has 1 heterocycles. The summed E-state index contributed by atoms with van der Waals surface area (Å²) in [5.41, 5.74) is 7.13. The molecule has 4 nitrogen and oxygen atoms in total. The Morgan fingerprint density at radius 2 is 1.84 bits per heavy atom. The molecule has 0 bridgehead atoms. The second-order valence-corrected chi connectivity index (χ2v) is 12.7. The third-order valence-corrected chi connectivity index (χ3v) is 9.81. The van der Waals surface area contributed by atoms with Crippen LogP contribution in [0.3, 0.4) is 0 Å². The summed E-state index contributed by atoms with van der Waals surface area (Å²) in [6.45, 7) is 6.97. The van der Waals surface area contributed by atoms with Crippen molar-refractivity contribution in [3.8, 4) is 0 Å². The molecule has 4 aromatic rings. The number of aromatic nitrogens is 2. The highest BCUT2D eigenvalue weighted by atomic mass is 35.5. The second-order valence-electron chi connectivity index (χ2n) is 8.99. The minimum Gasteiger partial charge on any atom is -0.384 e. The van der Waals surface area contributed by atoms with Gasteiger partial charge in [0, 0.05) is 45.0 Å². The standard InChI is InChI=1S/C18H18ClN3OS3.C11H13F/c1-13(16-3-2-4-17-18(16)22-25-21-17)20-9-10-24-11-12-26(23)15-7-5-14(19)6-8-15;1-8-6-7-11(12)10-5-3-2-4-9(8)10/h2-8,20H,1,9-12H2;6-7H,2-5H2,1H3. The monoisotopic (exact) mass is 587 g/mol. The van der Waals surface area contributed by atoms with Crippen molar-refractivity contribution >= 4 is 62.6 Å². The Kier molecular flexibility index (Phi) is 10.8. The summed E-state index contributed by atoms with van der Waals surface area (Å²) < 4.78 is 34.0. The fourth-order valence-corrected chi connectivity index (χ4v) is 7.24. The molecule has 1 unspecified atom stereocenters. The summed E-state index contributed by atoms with van der Waals surface area (Å²) in [5.74, 6) is 2.39. The zero-order valence-electron chi connectivity index (χ0n) is 21.3. The van der Waals surface area contributed by atoms with Crippen LogP contribution < -0.4 is 5.32 Å². The van der Waals surface area contributed by atoms with Crippen LogP contribution in [0.25, 0.3) is 16.7 Å². The number of benzene rings is 3. The highest BCUT2D eigenvalue weighted by Gasteiger charge is 2.14. The summed E-state index contributed by atoms with van der Waals surface area (Å²) in [6, 6.07) is 16.6. The van der Waals surface area contributed by atoms with Crippen LogP contribution in [-0.2, 0) is 23.6 Å². The van der Waals surface area contributed by atoms with Crippen molar-refractivity contribution in [2.24, 2.45) is 0 Å². The fourth-order valence-electron chi connectivity index (χ4n) is 4.36. The van der Waals surface area contributed by atoms with Crippen LogP contribution in [0.5, 0.6) is 0 Å². The van der Waals surface area contributed by atoms with Gasteiger partial charge in [0.2, 0.25) is 0 Å². The van der Waals surface area contributed by atoms with E-state index in [1.54, 1.807) is 30.0 Å². The number of fused-ring (bicyclic) bond motifs is 2. The van der Waals surface area contributed by atoms with Crippen molar-refractivity contribution < 1.29 is 8.60 Å². The molecule has 38 heavy (non-hydrogen) atoms. The van der Waals surface area contributed by atoms with Gasteiger partial charge >= 0.3 is 0 Å². The highest BCUT2D eigenvalue weighted by Crippen LogP contribution is 2.26. The first-order chi connectivity index (χ1) is 18.4. The van der Waals surface area contributed by atoms with Gasteiger partial charge < -0.3 is 5.32 Å². The molecule has 1 aliphatic rings. The topological polar surface area (TPSA) is 54.9 Å². The zero-order chi connectivity index (χ0) is 26.9. The van der Waals surface area contributed by atoms with Crippen LogP contribution in [0, 0.1) is 12.7 Å². The fraction of sp³-hybridized carbons (Fsp3) is 0.310. The smallest absolute Gasteiger partial charge is 0.126 e. The summed E-state index contributed by atoms with van der Waals surface area (Å²) in [6.07, 6.45) is 4.37. The van der Waals surface area contributed by atoms with Gasteiger partial charge in [-0.25, -0.2) is 4.39 Å². The molecule has 5 rings (SSSR count). The molecule has 0 saturated carbocycles. The Labute approximate surface area is 239 Å². The average molecular weight is 588 g/mol. The molecule has 0 fully saturated rings. The Morgan fingerprint density at radius 1 is 1.08 bits per heavy atom. The quantitative estimate of drug-likeness (QED) is 0.206. The maximum Gasteiger partial charge on any atom is 0.126 e. The van der Waals surface area contributed by atoms with Crippen LogP contribution in [0.1, 0.15) is 35.1 Å². The van der Waals surface area contributed by atoms with Gasteiger partial charge in [0.1, 0.15) is 16.9 Å². The highest BCUT2D eigenvalue weighted by molar-refractivity contribution is 8.00. The summed E-state index contributed by atoms with van der Waals surface area (Å²) in [5, 5.41) is 4.00. The molecule has 1 aliphatic carbocycles. The van der Waals surface area contributed by atoms with Crippen molar-refractivity contribution in [1.82, 2.24) is 14.1 Å². The van der Waals surface area contributed by atoms with Crippen molar-refractivity contribution in [3.05, 3.63) is 94.3 Å². The van der Waals surface area contributed by atoms with Gasteiger partial charge in [-0.1, -0.05) is 36.4 Å². The van der Waals surface area contributed by atoms with Gasteiger partial charge in [-0.3, -0.25) is 4.21 Å². The molecule has 0 radical (unpaired) electrons. The molecular weight excluding hydrogens is 557 g/mol. The van der Waals surface area contributed by atoms with Gasteiger partial charge in [-0.05, 0) is 85.7 Å². The van der Waals surface area contributed by atoms with Gasteiger partial charge in [0.25, 0.3) is 0 Å². The molecule has 0 saturated heterocycles. The average Bonchev–Trinajstić information content (AvgIpc) is 3.42. The Bertz CT molecular complexity index is 1380. The molecule has 200 valence electrons. The molecule has 1 aromatic heterocycles. The number of halogens is 2. The molecule has 0 spiro atoms. The van der Waals surface area contributed by atoms with E-state index < -0.39 is 10.8 Å². The van der Waals surface area contributed by atoms with E-state index in [0.29, 0.717) is 10.8 Å². The van der Waals surface area contributed by atoms with E-state index in [1.165, 1.54) is 29.3 Å². The van der Waals surface area contributed by atoms with E-state index in [9.17, 15) is 8.60 Å². The molecule has 1 N–H and O–H groups in total. The molecule has 0 aliphatic heterocycles. The SMILES string of the molecule is C=C(NCCSCCS(=O)c1ccc(Cl)cc1)c1cccc2nsnc12.Cc1ccc(F)c2c1CCCC2. The van der Waals surface area contributed by atoms with Crippen LogP contribution >= 0.6 is 35.1 Å². The Morgan fingerprint density at radius 3 is 2.61 bits per heavy atom. The summed E-state index contributed by atoms with van der Waals surface area (Å²) >= 11 is 8.83. The summed E-state index contributed by atoms with van der Waals surface area (Å²) in [4.78, 5) is 0.825. The minimum absolute atomic E-state index is 0.00435. The third kappa shape index (κ3) is 7.65. The normalized spacial score (nSPS) is 13.3. The van der Waals surface area contributed by atoms with Gasteiger partial charge in [-0.2, -0.15) is 20.5 Å². The molecule has 3 aromatic carbocycles. The van der Waals surface area contributed by atoms with Crippen LogP contribution in [0.15, 0.2) is 66.1 Å². The number of nitrogens with one attached hydrogen (secondary N) is 1. The van der Waals surface area contributed by atoms with E-state index in [-0.39, 0.29) is 5.82 Å². The zero-order valence-corrected chi connectivity index (χ0v) is 24.5. The number of nitrogens with zero attached hydrogens (tertiary/aromatic N) is 2. The van der Waals surface area contributed by atoms with E-state index in [0.717, 1.165) is 70.1 Å². The number of rotatable bonds is 9. The van der Waals surface area contributed by atoms with Crippen LogP contribution in [0.4, 0.5) is 4.39 Å². The lowest BCUT2D eigenvalue weighted by Crippen LogP contribution is -2.15. The number of aryl methyl sites for hydroxylation is 1. The molecule has 0 amide bonds. The van der Waals surface area contributed by atoms with Gasteiger partial charge in [0.05, 0.1) is 22.5 Å². The van der Waals surface area contributed by atoms with E-state index in [2.05, 4.69) is 27.6 Å². The largest absolute Gasteiger partial charge is 0.384 e. The van der Waals surface area contributed by atoms with E-state index >= 15 is 0 Å². The maximum absolute atomic E-state index is 13.3. The lowest BCUT2D eigenvalue weighted by molar-refractivity contribution is 0.577. The Hall–Kier alpha value is -2.26. The van der Waals surface area contributed by atoms with Crippen LogP contribution in [-0.4, -0.2) is 36.8 Å². The predicted octanol–water partition coefficient (Wildman–Crippen LogP) is 7.46. The Balaban J connectivity index is 0.000000232. The number of hydrogen-bond donors (Lipinski definition) is 1. The molecular formula is C29H31ClFN3OS3. The molecule has 1 atom stereocenters. The van der Waals surface area contributed by atoms with Crippen molar-refractivity contribution in [2.45, 2.75) is 37.5 Å². The summed E-state index contributed by atoms with van der Waals surface area (Å²) in [7, 11) is -0.978. The van der Waals surface area contributed by atoms with Gasteiger partial charge in [-0.15, -0.1) is 0 Å². The second kappa shape index (κ2) is 14.2. The van der Waals surface area contributed by atoms with Crippen LogP contribution in [0.2, 0.25) is 5.02 Å².